The van der Waals surface area contributed by atoms with Gasteiger partial charge in [0.2, 0.25) is 0 Å². The fraction of sp³-hybridized carbons (Fsp3) is 0.316. The van der Waals surface area contributed by atoms with Crippen molar-refractivity contribution in [3.05, 3.63) is 48.7 Å². The van der Waals surface area contributed by atoms with Crippen LogP contribution in [-0.4, -0.2) is 50.4 Å². The van der Waals surface area contributed by atoms with Crippen molar-refractivity contribution in [2.45, 2.75) is 13.0 Å². The Morgan fingerprint density at radius 2 is 2.11 bits per heavy atom. The number of pyridine rings is 1. The third kappa shape index (κ3) is 3.31. The highest BCUT2D eigenvalue weighted by Gasteiger charge is 2.27. The van der Waals surface area contributed by atoms with Gasteiger partial charge in [-0.15, -0.1) is 0 Å². The van der Waals surface area contributed by atoms with E-state index < -0.39 is 0 Å². The first kappa shape index (κ1) is 17.0. The van der Waals surface area contributed by atoms with Gasteiger partial charge < -0.3 is 9.80 Å². The number of hydrogen-bond acceptors (Lipinski definition) is 7. The largest absolute Gasteiger partial charge is 0.366 e. The van der Waals surface area contributed by atoms with Crippen LogP contribution in [-0.2, 0) is 7.05 Å². The van der Waals surface area contributed by atoms with Gasteiger partial charge in [-0.05, 0) is 19.1 Å². The molecule has 27 heavy (non-hydrogen) atoms. The van der Waals surface area contributed by atoms with Gasteiger partial charge in [0.05, 0.1) is 29.8 Å². The summed E-state index contributed by atoms with van der Waals surface area (Å²) in [6.07, 6.45) is 8.87. The van der Waals surface area contributed by atoms with Crippen molar-refractivity contribution >= 4 is 11.5 Å². The molecule has 1 atom stereocenters. The first-order chi connectivity index (χ1) is 13.2. The Bertz CT molecular complexity index is 975. The van der Waals surface area contributed by atoms with E-state index in [0.29, 0.717) is 17.2 Å². The van der Waals surface area contributed by atoms with E-state index in [4.69, 9.17) is 4.98 Å². The summed E-state index contributed by atoms with van der Waals surface area (Å²) in [7, 11) is 1.85. The third-order valence-electron chi connectivity index (χ3n) is 4.76. The van der Waals surface area contributed by atoms with Crippen LogP contribution < -0.4 is 9.80 Å². The van der Waals surface area contributed by atoms with Gasteiger partial charge >= 0.3 is 0 Å². The summed E-state index contributed by atoms with van der Waals surface area (Å²) in [5.74, 6) is 1.27. The fourth-order valence-electron chi connectivity index (χ4n) is 3.39. The first-order valence-corrected chi connectivity index (χ1v) is 8.83. The van der Waals surface area contributed by atoms with Gasteiger partial charge in [-0.3, -0.25) is 9.67 Å². The highest BCUT2D eigenvalue weighted by Crippen LogP contribution is 2.26. The Morgan fingerprint density at radius 1 is 1.22 bits per heavy atom. The standard InChI is InChI=1S/C19H20N8/c1-14-12-26(17-4-3-5-21-11-17)6-7-27(14)19-15(8-20)9-22-18(24-19)16-10-23-25(2)13-16/h3-5,9-11,13-14H,6-7,12H2,1-2H3. The zero-order valence-corrected chi connectivity index (χ0v) is 15.3. The van der Waals surface area contributed by atoms with Gasteiger partial charge in [0.25, 0.3) is 0 Å². The number of nitriles is 1. The van der Waals surface area contributed by atoms with E-state index in [9.17, 15) is 5.26 Å². The van der Waals surface area contributed by atoms with Crippen LogP contribution in [0.2, 0.25) is 0 Å². The summed E-state index contributed by atoms with van der Waals surface area (Å²) in [4.78, 5) is 17.8. The molecule has 1 aliphatic rings. The molecule has 1 saturated heterocycles. The van der Waals surface area contributed by atoms with Crippen molar-refractivity contribution in [3.8, 4) is 17.5 Å². The van der Waals surface area contributed by atoms with E-state index in [-0.39, 0.29) is 6.04 Å². The first-order valence-electron chi connectivity index (χ1n) is 8.83. The maximum Gasteiger partial charge on any atom is 0.164 e. The maximum absolute atomic E-state index is 9.54. The van der Waals surface area contributed by atoms with Gasteiger partial charge in [0.1, 0.15) is 11.6 Å². The third-order valence-corrected chi connectivity index (χ3v) is 4.76. The Labute approximate surface area is 157 Å². The van der Waals surface area contributed by atoms with Crippen molar-refractivity contribution in [1.29, 1.82) is 5.26 Å². The average Bonchev–Trinajstić information content (AvgIpc) is 3.14. The van der Waals surface area contributed by atoms with Crippen molar-refractivity contribution in [3.63, 3.8) is 0 Å². The van der Waals surface area contributed by atoms with E-state index in [1.165, 1.54) is 0 Å². The lowest BCUT2D eigenvalue weighted by Crippen LogP contribution is -2.52. The van der Waals surface area contributed by atoms with Crippen molar-refractivity contribution < 1.29 is 0 Å². The van der Waals surface area contributed by atoms with Crippen LogP contribution in [0.1, 0.15) is 12.5 Å². The molecule has 0 bridgehead atoms. The number of anilines is 2. The van der Waals surface area contributed by atoms with E-state index in [0.717, 1.165) is 30.9 Å². The number of aromatic nitrogens is 5. The van der Waals surface area contributed by atoms with Crippen molar-refractivity contribution in [2.75, 3.05) is 29.4 Å². The number of piperazine rings is 1. The SMILES string of the molecule is CC1CN(c2cccnc2)CCN1c1nc(-c2cnn(C)c2)ncc1C#N. The second-order valence-electron chi connectivity index (χ2n) is 6.65. The number of aryl methyl sites for hydroxylation is 1. The molecule has 4 heterocycles. The zero-order chi connectivity index (χ0) is 18.8. The van der Waals surface area contributed by atoms with Gasteiger partial charge in [0.15, 0.2) is 11.6 Å². The van der Waals surface area contributed by atoms with Gasteiger partial charge in [-0.1, -0.05) is 0 Å². The molecule has 8 nitrogen and oxygen atoms in total. The quantitative estimate of drug-likeness (QED) is 0.704. The smallest absolute Gasteiger partial charge is 0.164 e. The molecule has 0 aromatic carbocycles. The molecule has 1 fully saturated rings. The van der Waals surface area contributed by atoms with E-state index in [2.05, 4.69) is 43.9 Å². The van der Waals surface area contributed by atoms with E-state index in [1.54, 1.807) is 23.3 Å². The highest BCUT2D eigenvalue weighted by molar-refractivity contribution is 5.61. The topological polar surface area (TPSA) is 86.8 Å². The van der Waals surface area contributed by atoms with Crippen molar-refractivity contribution in [2.24, 2.45) is 7.05 Å². The van der Waals surface area contributed by atoms with Crippen LogP contribution in [0.3, 0.4) is 0 Å². The molecule has 4 rings (SSSR count). The predicted octanol–water partition coefficient (Wildman–Crippen LogP) is 1.86. The molecule has 1 aliphatic heterocycles. The lowest BCUT2D eigenvalue weighted by atomic mass is 10.1. The predicted molar refractivity (Wildman–Crippen MR) is 102 cm³/mol. The van der Waals surface area contributed by atoms with Crippen LogP contribution in [0.5, 0.6) is 0 Å². The van der Waals surface area contributed by atoms with Crippen LogP contribution in [0, 0.1) is 11.3 Å². The summed E-state index contributed by atoms with van der Waals surface area (Å²) in [5.41, 5.74) is 2.44. The molecule has 0 amide bonds. The number of hydrogen-bond donors (Lipinski definition) is 0. The minimum atomic E-state index is 0.197. The summed E-state index contributed by atoms with van der Waals surface area (Å²) in [6.45, 7) is 4.60. The second-order valence-corrected chi connectivity index (χ2v) is 6.65. The Hall–Kier alpha value is -3.47. The molecule has 3 aromatic rings. The lowest BCUT2D eigenvalue weighted by Gasteiger charge is -2.41. The van der Waals surface area contributed by atoms with Crippen LogP contribution in [0.4, 0.5) is 11.5 Å². The summed E-state index contributed by atoms with van der Waals surface area (Å²) in [5, 5.41) is 13.7. The van der Waals surface area contributed by atoms with Gasteiger partial charge in [-0.2, -0.15) is 10.4 Å². The van der Waals surface area contributed by atoms with Crippen molar-refractivity contribution in [1.82, 2.24) is 24.7 Å². The van der Waals surface area contributed by atoms with E-state index in [1.807, 2.05) is 25.5 Å². The molecular weight excluding hydrogens is 340 g/mol. The summed E-state index contributed by atoms with van der Waals surface area (Å²) >= 11 is 0. The van der Waals surface area contributed by atoms with Crippen LogP contribution in [0.25, 0.3) is 11.4 Å². The number of rotatable bonds is 3. The summed E-state index contributed by atoms with van der Waals surface area (Å²) < 4.78 is 1.71. The Morgan fingerprint density at radius 3 is 2.78 bits per heavy atom. The molecule has 8 heteroatoms. The molecule has 0 aliphatic carbocycles. The van der Waals surface area contributed by atoms with Crippen LogP contribution in [0.15, 0.2) is 43.1 Å². The fourth-order valence-corrected chi connectivity index (χ4v) is 3.39. The minimum Gasteiger partial charge on any atom is -0.366 e. The normalized spacial score (nSPS) is 17.0. The minimum absolute atomic E-state index is 0.197. The molecule has 136 valence electrons. The average molecular weight is 360 g/mol. The molecular formula is C19H20N8. The highest BCUT2D eigenvalue weighted by atomic mass is 15.3. The summed E-state index contributed by atoms with van der Waals surface area (Å²) in [6, 6.07) is 6.45. The molecule has 3 aromatic heterocycles. The van der Waals surface area contributed by atoms with Gasteiger partial charge in [-0.25, -0.2) is 9.97 Å². The zero-order valence-electron chi connectivity index (χ0n) is 15.3. The Kier molecular flexibility index (Phi) is 4.42. The monoisotopic (exact) mass is 360 g/mol. The lowest BCUT2D eigenvalue weighted by molar-refractivity contribution is 0.545. The van der Waals surface area contributed by atoms with Gasteiger partial charge in [0, 0.05) is 45.1 Å². The molecule has 0 radical (unpaired) electrons. The molecule has 0 N–H and O–H groups in total. The van der Waals surface area contributed by atoms with Crippen LogP contribution >= 0.6 is 0 Å². The molecule has 1 unspecified atom stereocenters. The molecule has 0 spiro atoms. The number of nitrogens with zero attached hydrogens (tertiary/aromatic N) is 8. The maximum atomic E-state index is 9.54. The molecule has 0 saturated carbocycles. The Balaban J connectivity index is 1.62. The second kappa shape index (κ2) is 7.03. The van der Waals surface area contributed by atoms with E-state index >= 15 is 0 Å².